The van der Waals surface area contributed by atoms with Crippen molar-refractivity contribution in [2.45, 2.75) is 37.1 Å². The summed E-state index contributed by atoms with van der Waals surface area (Å²) < 4.78 is 11.0. The molecule has 0 radical (unpaired) electrons. The maximum absolute atomic E-state index is 13.5. The number of rotatable bonds is 8. The van der Waals surface area contributed by atoms with Gasteiger partial charge in [-0.25, -0.2) is 9.78 Å². The predicted molar refractivity (Wildman–Crippen MR) is 167 cm³/mol. The fourth-order valence-electron chi connectivity index (χ4n) is 5.17. The maximum atomic E-state index is 13.5. The van der Waals surface area contributed by atoms with Gasteiger partial charge < -0.3 is 50.3 Å². The first-order valence-electron chi connectivity index (χ1n) is 14.5. The van der Waals surface area contributed by atoms with E-state index in [2.05, 4.69) is 32.5 Å². The Balaban J connectivity index is 1.43. The number of carbonyl (C=O) groups is 3. The Morgan fingerprint density at radius 1 is 0.913 bits per heavy atom. The van der Waals surface area contributed by atoms with Gasteiger partial charge in [0.15, 0.2) is 6.10 Å². The van der Waals surface area contributed by atoms with E-state index in [4.69, 9.17) is 21.1 Å². The van der Waals surface area contributed by atoms with Crippen LogP contribution in [0.1, 0.15) is 27.1 Å². The number of nitrogens with one attached hydrogen (secondary N) is 2. The highest BCUT2D eigenvalue weighted by Gasteiger charge is 2.48. The highest BCUT2D eigenvalue weighted by Crippen LogP contribution is 2.33. The summed E-state index contributed by atoms with van der Waals surface area (Å²) in [5.74, 6) is -2.91. The minimum atomic E-state index is -1.94. The second-order valence-electron chi connectivity index (χ2n) is 11.0. The lowest BCUT2D eigenvalue weighted by molar-refractivity contribution is -0.271. The molecule has 0 bridgehead atoms. The van der Waals surface area contributed by atoms with Crippen LogP contribution in [0.3, 0.4) is 0 Å². The standard InChI is InChI=1S/C31H34ClN5O9/c1-36-12-3-13-37(15-14-36)19-9-6-17(7-10-19)28(41)35-23-20(29(42)34-22-11-8-18(32)16-33-22)4-2-5-21(23)45-31-26(40)24(38)25(39)27(46-31)30(43)44/h2,4-11,16,24-27,31,38-40H,3,12-15H2,1H3,(H,35,41)(H,43,44)(H,33,34,42)/t24-,25-,26+,27-,31+/m0/s1. The van der Waals surface area contributed by atoms with Crippen molar-refractivity contribution in [2.75, 3.05) is 48.8 Å². The highest BCUT2D eigenvalue weighted by molar-refractivity contribution is 6.30. The number of para-hydroxylation sites is 1. The number of carbonyl (C=O) groups excluding carboxylic acids is 2. The first kappa shape index (κ1) is 33.1. The number of likely N-dealkylation sites (N-methyl/N-ethyl adjacent to an activating group) is 1. The zero-order valence-corrected chi connectivity index (χ0v) is 25.5. The molecule has 3 aromatic rings. The number of aromatic nitrogens is 1. The molecule has 0 unspecified atom stereocenters. The summed E-state index contributed by atoms with van der Waals surface area (Å²) in [5.41, 5.74) is 1.02. The monoisotopic (exact) mass is 655 g/mol. The molecule has 6 N–H and O–H groups in total. The van der Waals surface area contributed by atoms with Gasteiger partial charge in [0.1, 0.15) is 29.9 Å². The first-order chi connectivity index (χ1) is 22.0. The number of aliphatic hydroxyl groups excluding tert-OH is 3. The largest absolute Gasteiger partial charge is 0.479 e. The summed E-state index contributed by atoms with van der Waals surface area (Å²) in [6, 6.07) is 14.2. The minimum Gasteiger partial charge on any atom is -0.479 e. The van der Waals surface area contributed by atoms with Gasteiger partial charge in [0, 0.05) is 37.1 Å². The van der Waals surface area contributed by atoms with Gasteiger partial charge >= 0.3 is 5.97 Å². The molecule has 2 aliphatic rings. The first-order valence-corrected chi connectivity index (χ1v) is 14.9. The van der Waals surface area contributed by atoms with Crippen LogP contribution in [0.4, 0.5) is 17.2 Å². The number of aliphatic carboxylic acids is 1. The third kappa shape index (κ3) is 7.55. The Morgan fingerprint density at radius 2 is 1.67 bits per heavy atom. The summed E-state index contributed by atoms with van der Waals surface area (Å²) in [4.78, 5) is 47.1. The van der Waals surface area contributed by atoms with E-state index in [-0.39, 0.29) is 28.4 Å². The number of amides is 2. The summed E-state index contributed by atoms with van der Waals surface area (Å²) in [7, 11) is 2.08. The molecule has 1 aromatic heterocycles. The number of pyridine rings is 1. The average Bonchev–Trinajstić information content (AvgIpc) is 3.27. The number of aliphatic hydroxyl groups is 3. The van der Waals surface area contributed by atoms with Crippen LogP contribution in [-0.4, -0.2) is 112 Å². The van der Waals surface area contributed by atoms with Crippen LogP contribution >= 0.6 is 11.6 Å². The van der Waals surface area contributed by atoms with Gasteiger partial charge in [-0.2, -0.15) is 0 Å². The molecular weight excluding hydrogens is 622 g/mol. The van der Waals surface area contributed by atoms with E-state index in [1.165, 1.54) is 36.5 Å². The van der Waals surface area contributed by atoms with E-state index >= 15 is 0 Å². The zero-order chi connectivity index (χ0) is 33.0. The van der Waals surface area contributed by atoms with Crippen molar-refractivity contribution in [3.8, 4) is 5.75 Å². The van der Waals surface area contributed by atoms with E-state index in [9.17, 15) is 34.8 Å². The molecular formula is C31H34ClN5O9. The third-order valence-electron chi connectivity index (χ3n) is 7.75. The number of carboxylic acid groups (broad SMARTS) is 1. The molecule has 5 atom stereocenters. The van der Waals surface area contributed by atoms with Crippen LogP contribution in [0.2, 0.25) is 5.02 Å². The van der Waals surface area contributed by atoms with Crippen LogP contribution in [0, 0.1) is 0 Å². The molecule has 46 heavy (non-hydrogen) atoms. The molecule has 244 valence electrons. The third-order valence-corrected chi connectivity index (χ3v) is 7.97. The SMILES string of the molecule is CN1CCCN(c2ccc(C(=O)Nc3c(O[C@@H]4O[C@H](C(=O)O)[C@@H](O)[C@H](O)[C@H]4O)cccc3C(=O)Nc3ccc(Cl)cn3)cc2)CC1. The number of hydrogen-bond acceptors (Lipinski definition) is 11. The Bertz CT molecular complexity index is 1560. The van der Waals surface area contributed by atoms with Crippen molar-refractivity contribution in [1.29, 1.82) is 0 Å². The Kier molecular flexibility index (Phi) is 10.4. The van der Waals surface area contributed by atoms with Crippen molar-refractivity contribution < 1.29 is 44.3 Å². The Labute approximate surface area is 269 Å². The second-order valence-corrected chi connectivity index (χ2v) is 11.4. The normalized spacial score (nSPS) is 23.7. The van der Waals surface area contributed by atoms with E-state index in [0.717, 1.165) is 38.3 Å². The van der Waals surface area contributed by atoms with E-state index in [1.54, 1.807) is 12.1 Å². The average molecular weight is 656 g/mol. The minimum absolute atomic E-state index is 0.0754. The molecule has 5 rings (SSSR count). The molecule has 0 saturated carbocycles. The molecule has 15 heteroatoms. The van der Waals surface area contributed by atoms with Gasteiger partial charge in [0.2, 0.25) is 6.29 Å². The van der Waals surface area contributed by atoms with E-state index < -0.39 is 48.5 Å². The number of hydrogen-bond donors (Lipinski definition) is 6. The maximum Gasteiger partial charge on any atom is 0.335 e. The predicted octanol–water partition coefficient (Wildman–Crippen LogP) is 1.65. The van der Waals surface area contributed by atoms with E-state index in [0.29, 0.717) is 5.02 Å². The van der Waals surface area contributed by atoms with Crippen LogP contribution < -0.4 is 20.3 Å². The molecule has 2 aromatic carbocycles. The molecule has 2 aliphatic heterocycles. The van der Waals surface area contributed by atoms with Gasteiger partial charge in [-0.15, -0.1) is 0 Å². The lowest BCUT2D eigenvalue weighted by Gasteiger charge is -2.38. The number of carboxylic acids is 1. The number of ether oxygens (including phenoxy) is 2. The van der Waals surface area contributed by atoms with Gasteiger partial charge in [0.25, 0.3) is 11.8 Å². The van der Waals surface area contributed by atoms with Gasteiger partial charge in [0.05, 0.1) is 16.3 Å². The number of benzene rings is 2. The summed E-state index contributed by atoms with van der Waals surface area (Å²) in [6.45, 7) is 3.64. The van der Waals surface area contributed by atoms with Crippen molar-refractivity contribution >= 4 is 46.6 Å². The topological polar surface area (TPSA) is 194 Å². The fourth-order valence-corrected chi connectivity index (χ4v) is 5.28. The second kappa shape index (κ2) is 14.4. The van der Waals surface area contributed by atoms with Crippen LogP contribution in [0.5, 0.6) is 5.75 Å². The van der Waals surface area contributed by atoms with Crippen molar-refractivity contribution in [1.82, 2.24) is 9.88 Å². The fraction of sp³-hybridized carbons (Fsp3) is 0.355. The van der Waals surface area contributed by atoms with Crippen LogP contribution in [0.15, 0.2) is 60.8 Å². The van der Waals surface area contributed by atoms with Gasteiger partial charge in [-0.05, 0) is 68.5 Å². The van der Waals surface area contributed by atoms with Crippen molar-refractivity contribution in [3.63, 3.8) is 0 Å². The number of anilines is 3. The van der Waals surface area contributed by atoms with Gasteiger partial charge in [-0.3, -0.25) is 9.59 Å². The quantitative estimate of drug-likeness (QED) is 0.206. The Hall–Kier alpha value is -4.31. The van der Waals surface area contributed by atoms with E-state index in [1.807, 2.05) is 12.1 Å². The van der Waals surface area contributed by atoms with Gasteiger partial charge in [-0.1, -0.05) is 17.7 Å². The summed E-state index contributed by atoms with van der Waals surface area (Å²) in [6.07, 6.45) is -7.11. The lowest BCUT2D eigenvalue weighted by Crippen LogP contribution is -2.61. The molecule has 2 saturated heterocycles. The summed E-state index contributed by atoms with van der Waals surface area (Å²) in [5, 5.41) is 46.0. The Morgan fingerprint density at radius 3 is 2.37 bits per heavy atom. The molecule has 2 amide bonds. The highest BCUT2D eigenvalue weighted by atomic mass is 35.5. The number of nitrogens with zero attached hydrogens (tertiary/aromatic N) is 3. The zero-order valence-electron chi connectivity index (χ0n) is 24.7. The molecule has 0 aliphatic carbocycles. The molecule has 0 spiro atoms. The van der Waals surface area contributed by atoms with Crippen molar-refractivity contribution in [3.05, 3.63) is 76.9 Å². The molecule has 2 fully saturated rings. The van der Waals surface area contributed by atoms with Crippen molar-refractivity contribution in [2.24, 2.45) is 0 Å². The molecule has 3 heterocycles. The van der Waals surface area contributed by atoms with Crippen LogP contribution in [0.25, 0.3) is 0 Å². The van der Waals surface area contributed by atoms with Crippen LogP contribution in [-0.2, 0) is 9.53 Å². The number of halogens is 1. The summed E-state index contributed by atoms with van der Waals surface area (Å²) >= 11 is 5.90. The lowest BCUT2D eigenvalue weighted by atomic mass is 9.99. The molecule has 14 nitrogen and oxygen atoms in total. The smallest absolute Gasteiger partial charge is 0.335 e.